The highest BCUT2D eigenvalue weighted by atomic mass is 32.1. The van der Waals surface area contributed by atoms with Crippen molar-refractivity contribution >= 4 is 34.9 Å². The van der Waals surface area contributed by atoms with Crippen molar-refractivity contribution in [3.63, 3.8) is 0 Å². The second-order valence-electron chi connectivity index (χ2n) is 5.71. The van der Waals surface area contributed by atoms with Gasteiger partial charge in [0.15, 0.2) is 5.11 Å². The Labute approximate surface area is 163 Å². The molecule has 0 bridgehead atoms. The molecule has 0 saturated carbocycles. The van der Waals surface area contributed by atoms with E-state index in [4.69, 9.17) is 17.0 Å². The smallest absolute Gasteiger partial charge is 0.337 e. The highest BCUT2D eigenvalue weighted by Crippen LogP contribution is 2.14. The minimum absolute atomic E-state index is 0.156. The molecule has 2 aromatic carbocycles. The summed E-state index contributed by atoms with van der Waals surface area (Å²) >= 11 is 5.17. The van der Waals surface area contributed by atoms with Gasteiger partial charge in [-0.1, -0.05) is 19.4 Å². The first-order valence-corrected chi connectivity index (χ1v) is 8.98. The molecule has 2 N–H and O–H groups in total. The number of rotatable bonds is 7. The Hall–Kier alpha value is -2.93. The fraction of sp³-hybridized carbons (Fsp3) is 0.250. The molecule has 0 unspecified atom stereocenters. The second-order valence-corrected chi connectivity index (χ2v) is 6.12. The van der Waals surface area contributed by atoms with E-state index in [0.29, 0.717) is 29.2 Å². The van der Waals surface area contributed by atoms with Crippen LogP contribution in [0.25, 0.3) is 0 Å². The van der Waals surface area contributed by atoms with Crippen molar-refractivity contribution in [1.29, 1.82) is 0 Å². The van der Waals surface area contributed by atoms with Gasteiger partial charge in [0, 0.05) is 11.3 Å². The molecule has 0 heterocycles. The van der Waals surface area contributed by atoms with Crippen molar-refractivity contribution in [1.82, 2.24) is 5.32 Å². The number of ether oxygens (including phenoxy) is 2. The molecule has 2 rings (SSSR count). The van der Waals surface area contributed by atoms with Gasteiger partial charge in [0.2, 0.25) is 0 Å². The molecule has 0 atom stereocenters. The highest BCUT2D eigenvalue weighted by Gasteiger charge is 2.10. The molecule has 0 saturated heterocycles. The Morgan fingerprint density at radius 2 is 1.81 bits per heavy atom. The molecule has 0 fully saturated rings. The topological polar surface area (TPSA) is 76.7 Å². The molecule has 6 nitrogen and oxygen atoms in total. The zero-order valence-electron chi connectivity index (χ0n) is 15.3. The van der Waals surface area contributed by atoms with E-state index in [2.05, 4.69) is 22.3 Å². The van der Waals surface area contributed by atoms with Crippen LogP contribution in [-0.2, 0) is 4.74 Å². The zero-order valence-corrected chi connectivity index (χ0v) is 16.1. The van der Waals surface area contributed by atoms with Crippen LogP contribution in [0.4, 0.5) is 5.69 Å². The van der Waals surface area contributed by atoms with Gasteiger partial charge in [-0.15, -0.1) is 0 Å². The lowest BCUT2D eigenvalue weighted by Crippen LogP contribution is -2.34. The molecular weight excluding hydrogens is 364 g/mol. The second kappa shape index (κ2) is 10.3. The Kier molecular flexibility index (Phi) is 7.76. The van der Waals surface area contributed by atoms with Crippen molar-refractivity contribution in [3.8, 4) is 5.75 Å². The summed E-state index contributed by atoms with van der Waals surface area (Å²) in [5, 5.41) is 5.68. The molecule has 0 radical (unpaired) electrons. The van der Waals surface area contributed by atoms with Crippen LogP contribution >= 0.6 is 12.2 Å². The molecule has 27 heavy (non-hydrogen) atoms. The van der Waals surface area contributed by atoms with E-state index in [0.717, 1.165) is 12.8 Å². The lowest BCUT2D eigenvalue weighted by molar-refractivity contribution is 0.0600. The molecule has 0 aliphatic carbocycles. The third kappa shape index (κ3) is 6.38. The van der Waals surface area contributed by atoms with Gasteiger partial charge >= 0.3 is 5.97 Å². The number of hydrogen-bond donors (Lipinski definition) is 2. The maximum Gasteiger partial charge on any atom is 0.337 e. The van der Waals surface area contributed by atoms with Gasteiger partial charge in [0.25, 0.3) is 5.91 Å². The molecular formula is C20H22N2O4S. The number of amides is 1. The minimum atomic E-state index is -0.418. The van der Waals surface area contributed by atoms with Gasteiger partial charge in [0.05, 0.1) is 19.3 Å². The molecule has 0 spiro atoms. The number of benzene rings is 2. The van der Waals surface area contributed by atoms with Gasteiger partial charge in [0.1, 0.15) is 5.75 Å². The van der Waals surface area contributed by atoms with Gasteiger partial charge in [-0.3, -0.25) is 10.1 Å². The number of carbonyl (C=O) groups excluding carboxylic acids is 2. The van der Waals surface area contributed by atoms with Crippen LogP contribution in [0, 0.1) is 0 Å². The number of unbranched alkanes of at least 4 members (excludes halogenated alkanes) is 1. The number of carbonyl (C=O) groups is 2. The number of esters is 1. The molecule has 2 aromatic rings. The number of anilines is 1. The van der Waals surface area contributed by atoms with Gasteiger partial charge in [-0.05, 0) is 61.1 Å². The summed E-state index contributed by atoms with van der Waals surface area (Å²) in [6.45, 7) is 2.70. The van der Waals surface area contributed by atoms with Crippen LogP contribution in [0.15, 0.2) is 48.5 Å². The van der Waals surface area contributed by atoms with E-state index in [9.17, 15) is 9.59 Å². The van der Waals surface area contributed by atoms with Crippen molar-refractivity contribution in [2.45, 2.75) is 19.8 Å². The maximum absolute atomic E-state index is 12.4. The SMILES string of the molecule is CCCCOc1cccc(C(=O)NC(=S)Nc2ccc(C(=O)OC)cc2)c1. The molecule has 0 aliphatic heterocycles. The van der Waals surface area contributed by atoms with E-state index in [1.165, 1.54) is 7.11 Å². The summed E-state index contributed by atoms with van der Waals surface area (Å²) in [6, 6.07) is 13.5. The van der Waals surface area contributed by atoms with Crippen molar-refractivity contribution in [2.75, 3.05) is 19.0 Å². The quantitative estimate of drug-likeness (QED) is 0.428. The predicted octanol–water partition coefficient (Wildman–Crippen LogP) is 3.78. The first kappa shape index (κ1) is 20.4. The Bertz CT molecular complexity index is 806. The fourth-order valence-electron chi connectivity index (χ4n) is 2.21. The van der Waals surface area contributed by atoms with Gasteiger partial charge in [-0.25, -0.2) is 4.79 Å². The first-order chi connectivity index (χ1) is 13.0. The predicted molar refractivity (Wildman–Crippen MR) is 108 cm³/mol. The van der Waals surface area contributed by atoms with Crippen molar-refractivity contribution in [2.24, 2.45) is 0 Å². The van der Waals surface area contributed by atoms with E-state index in [-0.39, 0.29) is 11.0 Å². The zero-order chi connectivity index (χ0) is 19.6. The van der Waals surface area contributed by atoms with E-state index in [1.807, 2.05) is 6.07 Å². The maximum atomic E-state index is 12.4. The summed E-state index contributed by atoms with van der Waals surface area (Å²) in [5.74, 6) is -0.105. The fourth-order valence-corrected chi connectivity index (χ4v) is 2.42. The summed E-state index contributed by atoms with van der Waals surface area (Å²) in [7, 11) is 1.32. The number of nitrogens with one attached hydrogen (secondary N) is 2. The Morgan fingerprint density at radius 3 is 2.48 bits per heavy atom. The summed E-state index contributed by atoms with van der Waals surface area (Å²) < 4.78 is 10.3. The van der Waals surface area contributed by atoms with Gasteiger partial charge < -0.3 is 14.8 Å². The number of hydrogen-bond acceptors (Lipinski definition) is 5. The van der Waals surface area contributed by atoms with Crippen molar-refractivity contribution < 1.29 is 19.1 Å². The molecule has 1 amide bonds. The average molecular weight is 386 g/mol. The Balaban J connectivity index is 1.92. The minimum Gasteiger partial charge on any atom is -0.494 e. The normalized spacial score (nSPS) is 10.0. The molecule has 0 aliphatic rings. The highest BCUT2D eigenvalue weighted by molar-refractivity contribution is 7.80. The summed E-state index contributed by atoms with van der Waals surface area (Å²) in [5.41, 5.74) is 1.52. The molecule has 142 valence electrons. The largest absolute Gasteiger partial charge is 0.494 e. The van der Waals surface area contributed by atoms with Crippen molar-refractivity contribution in [3.05, 3.63) is 59.7 Å². The summed E-state index contributed by atoms with van der Waals surface area (Å²) in [4.78, 5) is 23.8. The standard InChI is InChI=1S/C20H22N2O4S/c1-3-4-12-26-17-7-5-6-15(13-17)18(23)22-20(27)21-16-10-8-14(9-11-16)19(24)25-2/h5-11,13H,3-4,12H2,1-2H3,(H2,21,22,23,27). The van der Waals surface area contributed by atoms with Gasteiger partial charge in [-0.2, -0.15) is 0 Å². The van der Waals surface area contributed by atoms with Crippen LogP contribution in [0.5, 0.6) is 5.75 Å². The van der Waals surface area contributed by atoms with Crippen LogP contribution in [0.3, 0.4) is 0 Å². The van der Waals surface area contributed by atoms with E-state index in [1.54, 1.807) is 42.5 Å². The lowest BCUT2D eigenvalue weighted by atomic mass is 10.2. The molecule has 7 heteroatoms. The van der Waals surface area contributed by atoms with Crippen LogP contribution in [0.2, 0.25) is 0 Å². The molecule has 0 aromatic heterocycles. The number of methoxy groups -OCH3 is 1. The summed E-state index contributed by atoms with van der Waals surface area (Å²) in [6.07, 6.45) is 2.00. The third-order valence-electron chi connectivity index (χ3n) is 3.65. The average Bonchev–Trinajstić information content (AvgIpc) is 2.68. The van der Waals surface area contributed by atoms with E-state index >= 15 is 0 Å². The van der Waals surface area contributed by atoms with E-state index < -0.39 is 5.97 Å². The number of thiocarbonyl (C=S) groups is 1. The van der Waals surface area contributed by atoms with Crippen LogP contribution < -0.4 is 15.4 Å². The van der Waals surface area contributed by atoms with Crippen LogP contribution in [-0.4, -0.2) is 30.7 Å². The Morgan fingerprint density at radius 1 is 1.07 bits per heavy atom. The lowest BCUT2D eigenvalue weighted by Gasteiger charge is -2.11. The first-order valence-electron chi connectivity index (χ1n) is 8.57. The van der Waals surface area contributed by atoms with Crippen LogP contribution in [0.1, 0.15) is 40.5 Å². The third-order valence-corrected chi connectivity index (χ3v) is 3.86. The monoisotopic (exact) mass is 386 g/mol.